The predicted octanol–water partition coefficient (Wildman–Crippen LogP) is 6.57. The third kappa shape index (κ3) is 4.40. The number of anilines is 2. The van der Waals surface area contributed by atoms with E-state index in [0.29, 0.717) is 28.0 Å². The van der Waals surface area contributed by atoms with Gasteiger partial charge < -0.3 is 19.6 Å². The normalized spacial score (nSPS) is 11.7. The van der Waals surface area contributed by atoms with E-state index in [4.69, 9.17) is 16.3 Å². The Balaban J connectivity index is 1.38. The first-order valence-electron chi connectivity index (χ1n) is 10.0. The van der Waals surface area contributed by atoms with Gasteiger partial charge in [0.15, 0.2) is 5.82 Å². The van der Waals surface area contributed by atoms with Crippen molar-refractivity contribution in [3.05, 3.63) is 77.7 Å². The number of rotatable bonds is 5. The summed E-state index contributed by atoms with van der Waals surface area (Å²) < 4.78 is 46.4. The highest BCUT2D eigenvalue weighted by atomic mass is 35.5. The SMILES string of the molecule is Cn1c(Nc2ccc(Cl)cc2)nc2cc(Oc3ccnc(-c4ncc(C(F)(F)F)[nH]4)c3)ccc21. The molecule has 0 unspecified atom stereocenters. The number of H-pyrrole nitrogens is 1. The van der Waals surface area contributed by atoms with Crippen molar-refractivity contribution in [1.29, 1.82) is 0 Å². The number of hydrogen-bond acceptors (Lipinski definition) is 5. The van der Waals surface area contributed by atoms with Crippen LogP contribution in [0, 0.1) is 0 Å². The highest BCUT2D eigenvalue weighted by Crippen LogP contribution is 2.31. The second-order valence-corrected chi connectivity index (χ2v) is 7.84. The van der Waals surface area contributed by atoms with Crippen LogP contribution in [-0.2, 0) is 13.2 Å². The number of fused-ring (bicyclic) bond motifs is 1. The van der Waals surface area contributed by atoms with Crippen LogP contribution in [0.1, 0.15) is 5.69 Å². The molecule has 0 atom stereocenters. The maximum atomic E-state index is 12.8. The van der Waals surface area contributed by atoms with Crippen LogP contribution in [0.3, 0.4) is 0 Å². The summed E-state index contributed by atoms with van der Waals surface area (Å²) >= 11 is 5.94. The van der Waals surface area contributed by atoms with E-state index in [9.17, 15) is 13.2 Å². The third-order valence-electron chi connectivity index (χ3n) is 5.04. The number of aromatic nitrogens is 5. The number of aromatic amines is 1. The van der Waals surface area contributed by atoms with Gasteiger partial charge in [-0.3, -0.25) is 4.98 Å². The van der Waals surface area contributed by atoms with Crippen LogP contribution in [0.4, 0.5) is 24.8 Å². The second kappa shape index (κ2) is 8.38. The van der Waals surface area contributed by atoms with Crippen LogP contribution in [-0.4, -0.2) is 24.5 Å². The molecule has 0 radical (unpaired) electrons. The summed E-state index contributed by atoms with van der Waals surface area (Å²) in [7, 11) is 1.89. The molecule has 3 heterocycles. The maximum Gasteiger partial charge on any atom is 0.432 e. The van der Waals surface area contributed by atoms with Gasteiger partial charge in [0.1, 0.15) is 22.9 Å². The van der Waals surface area contributed by atoms with Crippen molar-refractivity contribution in [3.63, 3.8) is 0 Å². The Bertz CT molecular complexity index is 1480. The summed E-state index contributed by atoms with van der Waals surface area (Å²) in [5.74, 6) is 1.54. The molecule has 5 rings (SSSR count). The monoisotopic (exact) mass is 484 g/mol. The molecule has 0 saturated heterocycles. The summed E-state index contributed by atoms with van der Waals surface area (Å²) in [5, 5.41) is 3.89. The molecule has 2 aromatic carbocycles. The van der Waals surface area contributed by atoms with Gasteiger partial charge in [0.25, 0.3) is 0 Å². The molecule has 0 fully saturated rings. The zero-order valence-corrected chi connectivity index (χ0v) is 18.3. The van der Waals surface area contributed by atoms with Crippen LogP contribution >= 0.6 is 11.6 Å². The van der Waals surface area contributed by atoms with Gasteiger partial charge in [0.2, 0.25) is 5.95 Å². The van der Waals surface area contributed by atoms with Crippen LogP contribution in [0.15, 0.2) is 67.0 Å². The first kappa shape index (κ1) is 21.8. The standard InChI is InChI=1S/C23H16ClF3N6O/c1-33-19-7-6-15(10-17(19)31-22(33)30-14-4-2-13(24)3-5-14)34-16-8-9-28-18(11-16)21-29-12-20(32-21)23(25,26)27/h2-12H,1H3,(H,29,32)(H,30,31). The fourth-order valence-electron chi connectivity index (χ4n) is 3.35. The Labute approximate surface area is 196 Å². The van der Waals surface area contributed by atoms with Gasteiger partial charge in [-0.05, 0) is 42.5 Å². The van der Waals surface area contributed by atoms with Crippen LogP contribution in [0.25, 0.3) is 22.6 Å². The second-order valence-electron chi connectivity index (χ2n) is 7.40. The molecule has 34 heavy (non-hydrogen) atoms. The fourth-order valence-corrected chi connectivity index (χ4v) is 3.48. The van der Waals surface area contributed by atoms with Crippen LogP contribution in [0.5, 0.6) is 11.5 Å². The lowest BCUT2D eigenvalue weighted by atomic mass is 10.3. The molecule has 0 bridgehead atoms. The summed E-state index contributed by atoms with van der Waals surface area (Å²) in [4.78, 5) is 14.7. The number of hydrogen-bond donors (Lipinski definition) is 2. The molecule has 0 aliphatic rings. The number of halogens is 4. The number of nitrogens with one attached hydrogen (secondary N) is 2. The maximum absolute atomic E-state index is 12.8. The predicted molar refractivity (Wildman–Crippen MR) is 122 cm³/mol. The van der Waals surface area contributed by atoms with Crippen molar-refractivity contribution >= 4 is 34.3 Å². The first-order chi connectivity index (χ1) is 16.3. The number of pyridine rings is 1. The molecule has 7 nitrogen and oxygen atoms in total. The number of benzene rings is 2. The van der Waals surface area contributed by atoms with Crippen molar-refractivity contribution < 1.29 is 17.9 Å². The van der Waals surface area contributed by atoms with Gasteiger partial charge in [0.05, 0.1) is 17.2 Å². The zero-order valence-electron chi connectivity index (χ0n) is 17.6. The average Bonchev–Trinajstić information content (AvgIpc) is 3.41. The molecule has 5 aromatic rings. The molecule has 11 heteroatoms. The van der Waals surface area contributed by atoms with E-state index >= 15 is 0 Å². The first-order valence-corrected chi connectivity index (χ1v) is 10.4. The van der Waals surface area contributed by atoms with Gasteiger partial charge in [-0.15, -0.1) is 0 Å². The minimum Gasteiger partial charge on any atom is -0.457 e. The molecule has 172 valence electrons. The molecular formula is C23H16ClF3N6O. The molecule has 0 aliphatic heterocycles. The third-order valence-corrected chi connectivity index (χ3v) is 5.30. The van der Waals surface area contributed by atoms with Gasteiger partial charge in [-0.1, -0.05) is 11.6 Å². The van der Waals surface area contributed by atoms with E-state index in [0.717, 1.165) is 17.4 Å². The van der Waals surface area contributed by atoms with E-state index in [-0.39, 0.29) is 11.5 Å². The van der Waals surface area contributed by atoms with Crippen molar-refractivity contribution in [2.24, 2.45) is 7.05 Å². The Morgan fingerprint density at radius 1 is 1.00 bits per heavy atom. The Morgan fingerprint density at radius 3 is 2.50 bits per heavy atom. The Kier molecular flexibility index (Phi) is 5.37. The topological polar surface area (TPSA) is 80.7 Å². The highest BCUT2D eigenvalue weighted by Gasteiger charge is 2.33. The molecule has 3 aromatic heterocycles. The lowest BCUT2D eigenvalue weighted by molar-refractivity contribution is -0.140. The average molecular weight is 485 g/mol. The van der Waals surface area contributed by atoms with Crippen LogP contribution < -0.4 is 10.1 Å². The van der Waals surface area contributed by atoms with E-state index in [1.165, 1.54) is 12.3 Å². The van der Waals surface area contributed by atoms with Gasteiger partial charge >= 0.3 is 6.18 Å². The molecule has 0 saturated carbocycles. The van der Waals surface area contributed by atoms with Crippen molar-refractivity contribution in [2.45, 2.75) is 6.18 Å². The largest absolute Gasteiger partial charge is 0.457 e. The number of nitrogens with zero attached hydrogens (tertiary/aromatic N) is 4. The van der Waals surface area contributed by atoms with Crippen LogP contribution in [0.2, 0.25) is 5.02 Å². The van der Waals surface area contributed by atoms with Crippen molar-refractivity contribution in [1.82, 2.24) is 24.5 Å². The minimum absolute atomic E-state index is 0.00383. The lowest BCUT2D eigenvalue weighted by Gasteiger charge is -2.07. The summed E-state index contributed by atoms with van der Waals surface area (Å²) in [6.07, 6.45) is -2.35. The van der Waals surface area contributed by atoms with E-state index in [1.54, 1.807) is 30.3 Å². The number of ether oxygens (including phenoxy) is 1. The smallest absolute Gasteiger partial charge is 0.432 e. The molecular weight excluding hydrogens is 469 g/mol. The van der Waals surface area contributed by atoms with Crippen molar-refractivity contribution in [3.8, 4) is 23.0 Å². The molecule has 0 spiro atoms. The molecule has 0 aliphatic carbocycles. The molecule has 2 N–H and O–H groups in total. The summed E-state index contributed by atoms with van der Waals surface area (Å²) in [5.41, 5.74) is 1.71. The van der Waals surface area contributed by atoms with E-state index in [1.807, 2.05) is 29.8 Å². The Morgan fingerprint density at radius 2 is 1.76 bits per heavy atom. The highest BCUT2D eigenvalue weighted by molar-refractivity contribution is 6.30. The summed E-state index contributed by atoms with van der Waals surface area (Å²) in [6, 6.07) is 15.8. The fraction of sp³-hybridized carbons (Fsp3) is 0.0870. The Hall–Kier alpha value is -4.05. The summed E-state index contributed by atoms with van der Waals surface area (Å²) in [6.45, 7) is 0. The van der Waals surface area contributed by atoms with E-state index < -0.39 is 11.9 Å². The number of imidazole rings is 2. The van der Waals surface area contributed by atoms with E-state index in [2.05, 4.69) is 25.3 Å². The number of alkyl halides is 3. The lowest BCUT2D eigenvalue weighted by Crippen LogP contribution is -2.04. The van der Waals surface area contributed by atoms with Gasteiger partial charge in [0, 0.05) is 36.1 Å². The quantitative estimate of drug-likeness (QED) is 0.295. The number of aryl methyl sites for hydroxylation is 1. The molecule has 0 amide bonds. The van der Waals surface area contributed by atoms with Crippen molar-refractivity contribution in [2.75, 3.05) is 5.32 Å². The van der Waals surface area contributed by atoms with Gasteiger partial charge in [-0.25, -0.2) is 9.97 Å². The van der Waals surface area contributed by atoms with Gasteiger partial charge in [-0.2, -0.15) is 13.2 Å². The zero-order chi connectivity index (χ0) is 23.9. The minimum atomic E-state index is -4.52.